The first-order valence-corrected chi connectivity index (χ1v) is 14.1. The molecule has 1 saturated carbocycles. The van der Waals surface area contributed by atoms with Gasteiger partial charge < -0.3 is 36.5 Å². The number of nitrogens with two attached hydrogens (primary N) is 2. The molecule has 39 heavy (non-hydrogen) atoms. The van der Waals surface area contributed by atoms with E-state index in [1.807, 2.05) is 12.1 Å². The Kier molecular flexibility index (Phi) is 8.76. The number of nitrogens with zero attached hydrogens (tertiary/aromatic N) is 2. The smallest absolute Gasteiger partial charge is 0.246 e. The molecule has 7 N–H and O–H groups in total. The number of phenolic OH excluding ortho intramolecular Hbond substituents is 1. The van der Waals surface area contributed by atoms with Crippen molar-refractivity contribution in [2.45, 2.75) is 63.8 Å². The second kappa shape index (κ2) is 11.9. The molecule has 2 fully saturated rings. The van der Waals surface area contributed by atoms with Crippen LogP contribution in [0.15, 0.2) is 36.9 Å². The molecule has 3 unspecified atom stereocenters. The average molecular weight is 536 g/mol. The number of phenols is 1. The number of aliphatic hydroxyl groups is 1. The highest BCUT2D eigenvalue weighted by atomic mass is 16.3. The van der Waals surface area contributed by atoms with Crippen LogP contribution in [0.4, 0.5) is 5.82 Å². The molecule has 4 rings (SSSR count). The number of rotatable bonds is 12. The van der Waals surface area contributed by atoms with Crippen LogP contribution in [0.2, 0.25) is 0 Å². The van der Waals surface area contributed by atoms with Gasteiger partial charge in [-0.15, -0.1) is 0 Å². The van der Waals surface area contributed by atoms with Gasteiger partial charge in [0.25, 0.3) is 0 Å². The van der Waals surface area contributed by atoms with Gasteiger partial charge in [-0.1, -0.05) is 39.0 Å². The first kappa shape index (κ1) is 28.8. The third-order valence-electron chi connectivity index (χ3n) is 8.95. The molecule has 1 aliphatic carbocycles. The van der Waals surface area contributed by atoms with Crippen LogP contribution in [0.3, 0.4) is 0 Å². The van der Waals surface area contributed by atoms with E-state index in [1.165, 1.54) is 25.3 Å². The van der Waals surface area contributed by atoms with Crippen LogP contribution in [0.5, 0.6) is 5.75 Å². The van der Waals surface area contributed by atoms with E-state index in [-0.39, 0.29) is 36.1 Å². The third-order valence-corrected chi connectivity index (χ3v) is 8.95. The Morgan fingerprint density at radius 3 is 2.56 bits per heavy atom. The van der Waals surface area contributed by atoms with E-state index in [9.17, 15) is 15.0 Å². The topological polar surface area (TPSA) is 132 Å². The zero-order valence-electron chi connectivity index (χ0n) is 23.6. The first-order chi connectivity index (χ1) is 18.6. The van der Waals surface area contributed by atoms with Crippen molar-refractivity contribution in [2.75, 3.05) is 39.0 Å². The monoisotopic (exact) mass is 535 g/mol. The number of likely N-dealkylation sites (N-methyl/N-ethyl adjacent to an activating group) is 1. The number of para-hydroxylation sites is 1. The van der Waals surface area contributed by atoms with Crippen molar-refractivity contribution in [3.8, 4) is 5.75 Å². The Morgan fingerprint density at radius 1 is 1.31 bits per heavy atom. The van der Waals surface area contributed by atoms with Gasteiger partial charge in [-0.2, -0.15) is 0 Å². The lowest BCUT2D eigenvalue weighted by Crippen LogP contribution is -2.60. The summed E-state index contributed by atoms with van der Waals surface area (Å²) in [7, 11) is 1.70. The van der Waals surface area contributed by atoms with Crippen LogP contribution in [0.1, 0.15) is 80.2 Å². The average Bonchev–Trinajstić information content (AvgIpc) is 3.20. The van der Waals surface area contributed by atoms with Gasteiger partial charge in [0.05, 0.1) is 12.6 Å². The summed E-state index contributed by atoms with van der Waals surface area (Å²) in [6.45, 7) is 11.0. The summed E-state index contributed by atoms with van der Waals surface area (Å²) in [6, 6.07) is 6.66. The summed E-state index contributed by atoms with van der Waals surface area (Å²) in [4.78, 5) is 19.9. The maximum Gasteiger partial charge on any atom is 0.246 e. The van der Waals surface area contributed by atoms with Gasteiger partial charge in [0.15, 0.2) is 0 Å². The molecule has 1 aromatic heterocycles. The van der Waals surface area contributed by atoms with E-state index in [4.69, 9.17) is 11.5 Å². The van der Waals surface area contributed by atoms with Crippen molar-refractivity contribution in [1.82, 2.24) is 14.8 Å². The highest BCUT2D eigenvalue weighted by Crippen LogP contribution is 2.49. The van der Waals surface area contributed by atoms with Crippen molar-refractivity contribution in [2.24, 2.45) is 11.1 Å². The Morgan fingerprint density at radius 2 is 2.00 bits per heavy atom. The van der Waals surface area contributed by atoms with Crippen molar-refractivity contribution in [3.05, 3.63) is 59.3 Å². The number of carbonyl (C=O) groups is 1. The van der Waals surface area contributed by atoms with Gasteiger partial charge in [-0.25, -0.2) is 0 Å². The summed E-state index contributed by atoms with van der Waals surface area (Å²) in [5.74, 6) is 0.631. The fourth-order valence-electron chi connectivity index (χ4n) is 6.53. The first-order valence-electron chi connectivity index (χ1n) is 14.1. The van der Waals surface area contributed by atoms with Gasteiger partial charge >= 0.3 is 0 Å². The van der Waals surface area contributed by atoms with Gasteiger partial charge in [-0.3, -0.25) is 4.79 Å². The number of nitrogen functional groups attached to an aromatic ring is 1. The van der Waals surface area contributed by atoms with Gasteiger partial charge in [-0.05, 0) is 66.9 Å². The molecule has 0 radical (unpaired) electrons. The predicted molar refractivity (Wildman–Crippen MR) is 158 cm³/mol. The fraction of sp³-hybridized carbons (Fsp3) is 0.516. The summed E-state index contributed by atoms with van der Waals surface area (Å²) >= 11 is 0. The van der Waals surface area contributed by atoms with Crippen LogP contribution in [0, 0.1) is 5.41 Å². The van der Waals surface area contributed by atoms with Crippen molar-refractivity contribution in [3.63, 3.8) is 0 Å². The molecule has 1 amide bonds. The molecule has 1 spiro atoms. The largest absolute Gasteiger partial charge is 0.507 e. The van der Waals surface area contributed by atoms with E-state index < -0.39 is 0 Å². The molecule has 1 aliphatic heterocycles. The van der Waals surface area contributed by atoms with Gasteiger partial charge in [0, 0.05) is 55.1 Å². The van der Waals surface area contributed by atoms with Crippen LogP contribution in [-0.4, -0.2) is 70.2 Å². The molecule has 3 atom stereocenters. The number of hydrogen-bond donors (Lipinski definition) is 5. The molecule has 8 nitrogen and oxygen atoms in total. The maximum absolute atomic E-state index is 12.3. The SMILES string of the molecule is C=CC(=O)N(C)C(CO)CC(CC)c1[nH]c(N)c(/C=C(\N)c2ccccc2O)c1C(C)CN1CC2(CCC2)C1. The number of carbonyl (C=O) groups excluding carboxylic acids is 1. The molecular formula is C31H45N5O3. The fourth-order valence-corrected chi connectivity index (χ4v) is 6.53. The lowest BCUT2D eigenvalue weighted by atomic mass is 9.63. The maximum atomic E-state index is 12.3. The normalized spacial score (nSPS) is 19.1. The second-order valence-electron chi connectivity index (χ2n) is 11.7. The van der Waals surface area contributed by atoms with E-state index >= 15 is 0 Å². The van der Waals surface area contributed by atoms with Crippen molar-refractivity contribution >= 4 is 23.5 Å². The quantitative estimate of drug-likeness (QED) is 0.258. The van der Waals surface area contributed by atoms with Crippen LogP contribution in [0.25, 0.3) is 11.8 Å². The molecule has 8 heteroatoms. The zero-order chi connectivity index (χ0) is 28.3. The van der Waals surface area contributed by atoms with Crippen molar-refractivity contribution < 1.29 is 15.0 Å². The number of benzene rings is 1. The molecule has 2 heterocycles. The Hall–Kier alpha value is -3.23. The van der Waals surface area contributed by atoms with Gasteiger partial charge in [0.1, 0.15) is 11.6 Å². The number of amides is 1. The van der Waals surface area contributed by atoms with Crippen LogP contribution < -0.4 is 11.5 Å². The number of aromatic nitrogens is 1. The molecule has 212 valence electrons. The number of likely N-dealkylation sites (tertiary alicyclic amines) is 1. The number of aliphatic hydroxyl groups excluding tert-OH is 1. The Bertz CT molecular complexity index is 1210. The van der Waals surface area contributed by atoms with Crippen LogP contribution in [-0.2, 0) is 4.79 Å². The predicted octanol–water partition coefficient (Wildman–Crippen LogP) is 4.24. The molecular weight excluding hydrogens is 490 g/mol. The van der Waals surface area contributed by atoms with E-state index in [1.54, 1.807) is 30.1 Å². The lowest BCUT2D eigenvalue weighted by Gasteiger charge is -2.56. The Labute approximate surface area is 232 Å². The number of aromatic hydroxyl groups is 1. The summed E-state index contributed by atoms with van der Waals surface area (Å²) in [5.41, 5.74) is 17.6. The highest BCUT2D eigenvalue weighted by molar-refractivity contribution is 5.87. The minimum atomic E-state index is -0.354. The molecule has 2 aliphatic rings. The summed E-state index contributed by atoms with van der Waals surface area (Å²) < 4.78 is 0. The van der Waals surface area contributed by atoms with E-state index in [0.29, 0.717) is 28.9 Å². The third kappa shape index (κ3) is 5.87. The number of nitrogens with one attached hydrogen (secondary N) is 1. The molecule has 1 saturated heterocycles. The number of H-pyrrole nitrogens is 1. The molecule has 2 aromatic rings. The summed E-state index contributed by atoms with van der Waals surface area (Å²) in [5, 5.41) is 20.5. The van der Waals surface area contributed by atoms with Crippen molar-refractivity contribution in [1.29, 1.82) is 0 Å². The number of anilines is 1. The Balaban J connectivity index is 1.70. The lowest BCUT2D eigenvalue weighted by molar-refractivity contribution is -0.127. The zero-order valence-corrected chi connectivity index (χ0v) is 23.6. The van der Waals surface area contributed by atoms with Gasteiger partial charge in [0.2, 0.25) is 5.91 Å². The standard InChI is InChI=1S/C31H45N5O3/c1-5-21(14-22(17-37)35(4)27(39)6-2)29-28(20(3)16-36-18-31(19-36)12-9-13-31)24(30(33)34-29)15-25(32)23-10-7-8-11-26(23)38/h6-8,10-11,15,20-22,34,37-38H,2,5,9,12-14,16-19,32-33H2,1,3-4H3/b25-15-. The minimum absolute atomic E-state index is 0.0323. The summed E-state index contributed by atoms with van der Waals surface area (Å²) in [6.07, 6.45) is 8.53. The molecule has 0 bridgehead atoms. The number of aromatic amines is 1. The minimum Gasteiger partial charge on any atom is -0.507 e. The van der Waals surface area contributed by atoms with E-state index in [0.717, 1.165) is 42.9 Å². The second-order valence-corrected chi connectivity index (χ2v) is 11.7. The molecule has 1 aromatic carbocycles. The van der Waals surface area contributed by atoms with Crippen LogP contribution >= 0.6 is 0 Å². The van der Waals surface area contributed by atoms with E-state index in [2.05, 4.69) is 30.3 Å². The highest BCUT2D eigenvalue weighted by Gasteiger charge is 2.47. The number of hydrogen-bond acceptors (Lipinski definition) is 6.